The molecule has 0 N–H and O–H groups in total. The highest BCUT2D eigenvalue weighted by molar-refractivity contribution is 9.11. The number of thiophene rings is 1. The summed E-state index contributed by atoms with van der Waals surface area (Å²) in [4.78, 5) is 0. The van der Waals surface area contributed by atoms with Crippen LogP contribution in [0.3, 0.4) is 0 Å². The Morgan fingerprint density at radius 2 is 2.25 bits per heavy atom. The molecular formula is C7H7BrO2S2. The Balaban J connectivity index is 2.52. The number of rotatable bonds is 0. The van der Waals surface area contributed by atoms with Gasteiger partial charge in [0.1, 0.15) is 0 Å². The van der Waals surface area contributed by atoms with E-state index in [-0.39, 0.29) is 5.75 Å². The van der Waals surface area contributed by atoms with Crippen molar-refractivity contribution in [3.8, 4) is 0 Å². The highest BCUT2D eigenvalue weighted by Crippen LogP contribution is 2.33. The SMILES string of the molecule is O=S1(=O)CCc2csc(Br)c2C1. The maximum absolute atomic E-state index is 11.2. The van der Waals surface area contributed by atoms with Gasteiger partial charge in [-0.25, -0.2) is 8.42 Å². The Morgan fingerprint density at radius 1 is 1.50 bits per heavy atom. The standard InChI is InChI=1S/C7H7BrO2S2/c8-7-6-4-12(9,10)2-1-5(6)3-11-7/h3H,1-2,4H2. The van der Waals surface area contributed by atoms with Crippen LogP contribution in [0.2, 0.25) is 0 Å². The van der Waals surface area contributed by atoms with Crippen molar-refractivity contribution in [2.24, 2.45) is 0 Å². The van der Waals surface area contributed by atoms with E-state index in [2.05, 4.69) is 15.9 Å². The van der Waals surface area contributed by atoms with Crippen LogP contribution in [0.5, 0.6) is 0 Å². The molecule has 2 rings (SSSR count). The third-order valence-electron chi connectivity index (χ3n) is 1.98. The second-order valence-corrected chi connectivity index (χ2v) is 7.24. The molecule has 2 nitrogen and oxygen atoms in total. The van der Waals surface area contributed by atoms with Gasteiger partial charge in [0.15, 0.2) is 9.84 Å². The fourth-order valence-corrected chi connectivity index (χ4v) is 4.56. The van der Waals surface area contributed by atoms with Gasteiger partial charge in [-0.05, 0) is 38.9 Å². The zero-order chi connectivity index (χ0) is 8.77. The van der Waals surface area contributed by atoms with E-state index in [0.29, 0.717) is 12.2 Å². The first-order chi connectivity index (χ1) is 5.58. The van der Waals surface area contributed by atoms with Crippen LogP contribution in [0.4, 0.5) is 0 Å². The molecule has 0 radical (unpaired) electrons. The van der Waals surface area contributed by atoms with Crippen LogP contribution in [0.25, 0.3) is 0 Å². The molecule has 66 valence electrons. The minimum atomic E-state index is -2.81. The van der Waals surface area contributed by atoms with Crippen LogP contribution in [-0.4, -0.2) is 14.2 Å². The van der Waals surface area contributed by atoms with Crippen LogP contribution in [-0.2, 0) is 22.0 Å². The van der Waals surface area contributed by atoms with Crippen LogP contribution in [0, 0.1) is 0 Å². The molecule has 0 fully saturated rings. The van der Waals surface area contributed by atoms with Gasteiger partial charge in [-0.3, -0.25) is 0 Å². The summed E-state index contributed by atoms with van der Waals surface area (Å²) in [6.45, 7) is 0. The molecule has 0 saturated carbocycles. The topological polar surface area (TPSA) is 34.1 Å². The summed E-state index contributed by atoms with van der Waals surface area (Å²) < 4.78 is 23.5. The Labute approximate surface area is 83.7 Å². The van der Waals surface area contributed by atoms with Gasteiger partial charge >= 0.3 is 0 Å². The average molecular weight is 267 g/mol. The van der Waals surface area contributed by atoms with Gasteiger partial charge in [0.25, 0.3) is 0 Å². The average Bonchev–Trinajstić information content (AvgIpc) is 2.31. The summed E-state index contributed by atoms with van der Waals surface area (Å²) in [7, 11) is -2.81. The first-order valence-corrected chi connectivity index (χ1v) is 7.03. The number of hydrogen-bond donors (Lipinski definition) is 0. The minimum Gasteiger partial charge on any atom is -0.228 e. The molecule has 0 bridgehead atoms. The van der Waals surface area contributed by atoms with Gasteiger partial charge in [-0.1, -0.05) is 0 Å². The molecule has 0 unspecified atom stereocenters. The molecule has 12 heavy (non-hydrogen) atoms. The van der Waals surface area contributed by atoms with E-state index in [1.807, 2.05) is 5.38 Å². The molecule has 1 aromatic heterocycles. The summed E-state index contributed by atoms with van der Waals surface area (Å²) in [6, 6.07) is 0. The van der Waals surface area contributed by atoms with Crippen molar-refractivity contribution in [3.05, 3.63) is 20.3 Å². The third kappa shape index (κ3) is 1.45. The van der Waals surface area contributed by atoms with Gasteiger partial charge in [-0.15, -0.1) is 11.3 Å². The van der Waals surface area contributed by atoms with Crippen LogP contribution < -0.4 is 0 Å². The summed E-state index contributed by atoms with van der Waals surface area (Å²) in [5.74, 6) is 0.523. The molecule has 0 amide bonds. The van der Waals surface area contributed by atoms with Crippen molar-refractivity contribution < 1.29 is 8.42 Å². The fraction of sp³-hybridized carbons (Fsp3) is 0.429. The lowest BCUT2D eigenvalue weighted by atomic mass is 10.2. The summed E-state index contributed by atoms with van der Waals surface area (Å²) in [5, 5.41) is 2.04. The highest BCUT2D eigenvalue weighted by atomic mass is 79.9. The van der Waals surface area contributed by atoms with Crippen molar-refractivity contribution in [1.82, 2.24) is 0 Å². The van der Waals surface area contributed by atoms with Crippen molar-refractivity contribution in [1.29, 1.82) is 0 Å². The van der Waals surface area contributed by atoms with Gasteiger partial charge in [-0.2, -0.15) is 0 Å². The monoisotopic (exact) mass is 266 g/mol. The molecule has 0 aliphatic carbocycles. The largest absolute Gasteiger partial charge is 0.228 e. The Morgan fingerprint density at radius 3 is 3.00 bits per heavy atom. The van der Waals surface area contributed by atoms with E-state index in [1.54, 1.807) is 11.3 Å². The quantitative estimate of drug-likeness (QED) is 0.720. The van der Waals surface area contributed by atoms with Crippen molar-refractivity contribution >= 4 is 37.1 Å². The Bertz CT molecular complexity index is 405. The smallest absolute Gasteiger partial charge is 0.154 e. The fourth-order valence-electron chi connectivity index (χ4n) is 1.31. The summed E-state index contributed by atoms with van der Waals surface area (Å²) in [6.07, 6.45) is 0.680. The molecular weight excluding hydrogens is 260 g/mol. The van der Waals surface area contributed by atoms with E-state index >= 15 is 0 Å². The van der Waals surface area contributed by atoms with Crippen molar-refractivity contribution in [3.63, 3.8) is 0 Å². The maximum Gasteiger partial charge on any atom is 0.154 e. The molecule has 2 heterocycles. The van der Waals surface area contributed by atoms with Gasteiger partial charge in [0.05, 0.1) is 15.3 Å². The second-order valence-electron chi connectivity index (χ2n) is 2.86. The molecule has 1 aliphatic rings. The maximum atomic E-state index is 11.2. The lowest BCUT2D eigenvalue weighted by molar-refractivity contribution is 0.592. The first-order valence-electron chi connectivity index (χ1n) is 3.54. The predicted octanol–water partition coefficient (Wildman–Crippen LogP) is 1.98. The van der Waals surface area contributed by atoms with Crippen LogP contribution in [0.1, 0.15) is 11.1 Å². The summed E-state index contributed by atoms with van der Waals surface area (Å²) in [5.41, 5.74) is 2.17. The van der Waals surface area contributed by atoms with E-state index < -0.39 is 9.84 Å². The Kier molecular flexibility index (Phi) is 2.05. The minimum absolute atomic E-state index is 0.215. The molecule has 0 aromatic carbocycles. The van der Waals surface area contributed by atoms with Crippen molar-refractivity contribution in [2.75, 3.05) is 5.75 Å². The molecule has 0 spiro atoms. The number of aryl methyl sites for hydroxylation is 1. The summed E-state index contributed by atoms with van der Waals surface area (Å²) >= 11 is 4.93. The van der Waals surface area contributed by atoms with E-state index in [1.165, 1.54) is 5.56 Å². The first kappa shape index (κ1) is 8.72. The normalized spacial score (nSPS) is 20.4. The zero-order valence-electron chi connectivity index (χ0n) is 6.21. The molecule has 1 aliphatic heterocycles. The molecule has 0 atom stereocenters. The molecule has 0 saturated heterocycles. The van der Waals surface area contributed by atoms with Crippen LogP contribution >= 0.6 is 27.3 Å². The number of fused-ring (bicyclic) bond motifs is 1. The molecule has 5 heteroatoms. The van der Waals surface area contributed by atoms with Crippen LogP contribution in [0.15, 0.2) is 9.17 Å². The van der Waals surface area contributed by atoms with E-state index in [9.17, 15) is 8.42 Å². The number of sulfone groups is 1. The van der Waals surface area contributed by atoms with Gasteiger partial charge in [0, 0.05) is 0 Å². The Hall–Kier alpha value is 0.130. The zero-order valence-corrected chi connectivity index (χ0v) is 9.43. The lowest BCUT2D eigenvalue weighted by Gasteiger charge is -2.11. The highest BCUT2D eigenvalue weighted by Gasteiger charge is 2.23. The predicted molar refractivity (Wildman–Crippen MR) is 53.2 cm³/mol. The number of halogens is 1. The van der Waals surface area contributed by atoms with Gasteiger partial charge in [0.2, 0.25) is 0 Å². The van der Waals surface area contributed by atoms with E-state index in [0.717, 1.165) is 9.35 Å². The lowest BCUT2D eigenvalue weighted by Crippen LogP contribution is -2.17. The second kappa shape index (κ2) is 2.82. The van der Waals surface area contributed by atoms with Crippen molar-refractivity contribution in [2.45, 2.75) is 12.2 Å². The third-order valence-corrected chi connectivity index (χ3v) is 5.43. The van der Waals surface area contributed by atoms with Gasteiger partial charge < -0.3 is 0 Å². The molecule has 1 aromatic rings. The van der Waals surface area contributed by atoms with E-state index in [4.69, 9.17) is 0 Å². The number of hydrogen-bond acceptors (Lipinski definition) is 3.